The highest BCUT2D eigenvalue weighted by atomic mass is 16.5. The molecule has 0 aliphatic carbocycles. The third-order valence-corrected chi connectivity index (χ3v) is 3.09. The lowest BCUT2D eigenvalue weighted by atomic mass is 10.0. The predicted octanol–water partition coefficient (Wildman–Crippen LogP) is 1.71. The molecule has 0 amide bonds. The number of nitrogens with zero attached hydrogens (tertiary/aromatic N) is 1. The van der Waals surface area contributed by atoms with Gasteiger partial charge in [0.25, 0.3) is 0 Å². The number of carbonyl (C=O) groups is 1. The maximum atomic E-state index is 11.3. The van der Waals surface area contributed by atoms with Crippen molar-refractivity contribution in [2.45, 2.75) is 12.8 Å². The van der Waals surface area contributed by atoms with Crippen LogP contribution in [0, 0.1) is 5.92 Å². The second-order valence-electron chi connectivity index (χ2n) is 4.36. The van der Waals surface area contributed by atoms with Crippen LogP contribution in [0.1, 0.15) is 23.3 Å². The number of pyridine rings is 1. The van der Waals surface area contributed by atoms with E-state index in [9.17, 15) is 4.79 Å². The van der Waals surface area contributed by atoms with Gasteiger partial charge in [0.05, 0.1) is 7.11 Å². The number of carbonyl (C=O) groups excluding carboxylic acids is 1. The lowest BCUT2D eigenvalue weighted by Gasteiger charge is -2.22. The molecule has 0 unspecified atom stereocenters. The standard InChI is InChI=1S/C13H18N2O3/c1-17-13(16)12-8-11(2-5-14-12)15-9-10-3-6-18-7-4-10/h2,5,8,10H,3-4,6-7,9H2,1H3,(H,14,15). The molecule has 0 saturated carbocycles. The molecule has 1 aromatic heterocycles. The molecule has 5 nitrogen and oxygen atoms in total. The van der Waals surface area contributed by atoms with Gasteiger partial charge < -0.3 is 14.8 Å². The fraction of sp³-hybridized carbons (Fsp3) is 0.538. The van der Waals surface area contributed by atoms with Gasteiger partial charge in [0.1, 0.15) is 5.69 Å². The SMILES string of the molecule is COC(=O)c1cc(NCC2CCOCC2)ccn1. The second-order valence-corrected chi connectivity index (χ2v) is 4.36. The fourth-order valence-electron chi connectivity index (χ4n) is 1.97. The second kappa shape index (κ2) is 6.35. The summed E-state index contributed by atoms with van der Waals surface area (Å²) in [5, 5.41) is 3.33. The first-order valence-corrected chi connectivity index (χ1v) is 6.15. The van der Waals surface area contributed by atoms with Gasteiger partial charge in [0, 0.05) is 31.6 Å². The van der Waals surface area contributed by atoms with Crippen LogP contribution < -0.4 is 5.32 Å². The highest BCUT2D eigenvalue weighted by molar-refractivity contribution is 5.88. The Morgan fingerprint density at radius 2 is 2.33 bits per heavy atom. The lowest BCUT2D eigenvalue weighted by molar-refractivity contribution is 0.0594. The third-order valence-electron chi connectivity index (χ3n) is 3.09. The van der Waals surface area contributed by atoms with E-state index in [2.05, 4.69) is 15.0 Å². The van der Waals surface area contributed by atoms with Crippen LogP contribution in [0.5, 0.6) is 0 Å². The molecule has 0 bridgehead atoms. The van der Waals surface area contributed by atoms with Gasteiger partial charge in [-0.1, -0.05) is 0 Å². The zero-order valence-corrected chi connectivity index (χ0v) is 10.5. The zero-order chi connectivity index (χ0) is 12.8. The van der Waals surface area contributed by atoms with E-state index in [1.807, 2.05) is 6.07 Å². The summed E-state index contributed by atoms with van der Waals surface area (Å²) in [6.07, 6.45) is 3.78. The molecule has 2 heterocycles. The molecule has 1 fully saturated rings. The zero-order valence-electron chi connectivity index (χ0n) is 10.5. The van der Waals surface area contributed by atoms with Crippen LogP contribution >= 0.6 is 0 Å². The van der Waals surface area contributed by atoms with Gasteiger partial charge in [-0.3, -0.25) is 0 Å². The molecule has 5 heteroatoms. The van der Waals surface area contributed by atoms with Gasteiger partial charge in [-0.2, -0.15) is 0 Å². The molecule has 0 atom stereocenters. The number of methoxy groups -OCH3 is 1. The summed E-state index contributed by atoms with van der Waals surface area (Å²) >= 11 is 0. The van der Waals surface area contributed by atoms with E-state index >= 15 is 0 Å². The Morgan fingerprint density at radius 1 is 1.56 bits per heavy atom. The van der Waals surface area contributed by atoms with Gasteiger partial charge in [-0.05, 0) is 30.9 Å². The average Bonchev–Trinajstić information content (AvgIpc) is 2.45. The first kappa shape index (κ1) is 12.8. The summed E-state index contributed by atoms with van der Waals surface area (Å²) in [5.74, 6) is 0.221. The molecule has 1 N–H and O–H groups in total. The Balaban J connectivity index is 1.90. The Labute approximate surface area is 107 Å². The minimum atomic E-state index is -0.412. The highest BCUT2D eigenvalue weighted by Crippen LogP contribution is 2.16. The topological polar surface area (TPSA) is 60.5 Å². The van der Waals surface area contributed by atoms with Gasteiger partial charge in [-0.15, -0.1) is 0 Å². The lowest BCUT2D eigenvalue weighted by Crippen LogP contribution is -2.22. The molecule has 1 aliphatic rings. The van der Waals surface area contributed by atoms with E-state index in [0.29, 0.717) is 11.6 Å². The quantitative estimate of drug-likeness (QED) is 0.824. The molecule has 0 spiro atoms. The molecular formula is C13H18N2O3. The fourth-order valence-corrected chi connectivity index (χ4v) is 1.97. The van der Waals surface area contributed by atoms with Crippen molar-refractivity contribution in [1.29, 1.82) is 0 Å². The Kier molecular flexibility index (Phi) is 4.52. The van der Waals surface area contributed by atoms with Gasteiger partial charge in [-0.25, -0.2) is 9.78 Å². The summed E-state index contributed by atoms with van der Waals surface area (Å²) in [5.41, 5.74) is 1.23. The Bertz CT molecular complexity index is 403. The maximum Gasteiger partial charge on any atom is 0.356 e. The van der Waals surface area contributed by atoms with E-state index < -0.39 is 5.97 Å². The van der Waals surface area contributed by atoms with Crippen LogP contribution in [0.2, 0.25) is 0 Å². The van der Waals surface area contributed by atoms with Crippen molar-refractivity contribution in [2.75, 3.05) is 32.2 Å². The van der Waals surface area contributed by atoms with Crippen molar-refractivity contribution in [3.8, 4) is 0 Å². The van der Waals surface area contributed by atoms with Crippen molar-refractivity contribution < 1.29 is 14.3 Å². The normalized spacial score (nSPS) is 16.3. The Morgan fingerprint density at radius 3 is 3.06 bits per heavy atom. The first-order valence-electron chi connectivity index (χ1n) is 6.15. The van der Waals surface area contributed by atoms with Crippen molar-refractivity contribution in [2.24, 2.45) is 5.92 Å². The van der Waals surface area contributed by atoms with E-state index in [0.717, 1.165) is 38.3 Å². The molecular weight excluding hydrogens is 232 g/mol. The molecule has 1 aliphatic heterocycles. The summed E-state index contributed by atoms with van der Waals surface area (Å²) in [7, 11) is 1.35. The largest absolute Gasteiger partial charge is 0.464 e. The molecule has 0 aromatic carbocycles. The van der Waals surface area contributed by atoms with Crippen molar-refractivity contribution in [3.63, 3.8) is 0 Å². The smallest absolute Gasteiger partial charge is 0.356 e. The Hall–Kier alpha value is -1.62. The van der Waals surface area contributed by atoms with Crippen molar-refractivity contribution >= 4 is 11.7 Å². The van der Waals surface area contributed by atoms with Crippen LogP contribution in [-0.4, -0.2) is 37.8 Å². The number of hydrogen-bond acceptors (Lipinski definition) is 5. The number of rotatable bonds is 4. The molecule has 98 valence electrons. The van der Waals surface area contributed by atoms with Gasteiger partial charge in [0.15, 0.2) is 0 Å². The molecule has 2 rings (SSSR count). The predicted molar refractivity (Wildman–Crippen MR) is 67.6 cm³/mol. The summed E-state index contributed by atoms with van der Waals surface area (Å²) in [6, 6.07) is 3.57. The molecule has 1 saturated heterocycles. The molecule has 1 aromatic rings. The van der Waals surface area contributed by atoms with Crippen LogP contribution in [0.4, 0.5) is 5.69 Å². The van der Waals surface area contributed by atoms with E-state index in [4.69, 9.17) is 4.74 Å². The van der Waals surface area contributed by atoms with E-state index in [1.54, 1.807) is 12.3 Å². The van der Waals surface area contributed by atoms with Gasteiger partial charge >= 0.3 is 5.97 Å². The minimum Gasteiger partial charge on any atom is -0.464 e. The van der Waals surface area contributed by atoms with E-state index in [1.165, 1.54) is 7.11 Å². The highest BCUT2D eigenvalue weighted by Gasteiger charge is 2.13. The molecule has 18 heavy (non-hydrogen) atoms. The number of aromatic nitrogens is 1. The van der Waals surface area contributed by atoms with Crippen LogP contribution in [0.25, 0.3) is 0 Å². The van der Waals surface area contributed by atoms with Crippen molar-refractivity contribution in [3.05, 3.63) is 24.0 Å². The number of hydrogen-bond donors (Lipinski definition) is 1. The van der Waals surface area contributed by atoms with Crippen LogP contribution in [-0.2, 0) is 9.47 Å². The van der Waals surface area contributed by atoms with Crippen LogP contribution in [0.15, 0.2) is 18.3 Å². The number of nitrogens with one attached hydrogen (secondary N) is 1. The minimum absolute atomic E-state index is 0.328. The number of ether oxygens (including phenoxy) is 2. The van der Waals surface area contributed by atoms with Crippen LogP contribution in [0.3, 0.4) is 0 Å². The van der Waals surface area contributed by atoms with E-state index in [-0.39, 0.29) is 0 Å². The number of anilines is 1. The summed E-state index contributed by atoms with van der Waals surface area (Å²) in [4.78, 5) is 15.3. The maximum absolute atomic E-state index is 11.3. The first-order chi connectivity index (χ1) is 8.79. The monoisotopic (exact) mass is 250 g/mol. The summed E-state index contributed by atoms with van der Waals surface area (Å²) < 4.78 is 9.96. The number of esters is 1. The average molecular weight is 250 g/mol. The van der Waals surface area contributed by atoms with Crippen molar-refractivity contribution in [1.82, 2.24) is 4.98 Å². The summed E-state index contributed by atoms with van der Waals surface area (Å²) in [6.45, 7) is 2.58. The third kappa shape index (κ3) is 3.43. The molecule has 0 radical (unpaired) electrons. The van der Waals surface area contributed by atoms with Gasteiger partial charge in [0.2, 0.25) is 0 Å².